The summed E-state index contributed by atoms with van der Waals surface area (Å²) in [5, 5.41) is 7.22. The third-order valence-electron chi connectivity index (χ3n) is 6.84. The van der Waals surface area contributed by atoms with E-state index in [1.54, 1.807) is 0 Å². The molecule has 2 aliphatic rings. The number of carbonyl (C=O) groups excluding carboxylic acids is 1. The molecule has 0 aliphatic carbocycles. The summed E-state index contributed by atoms with van der Waals surface area (Å²) in [5.41, 5.74) is 4.40. The summed E-state index contributed by atoms with van der Waals surface area (Å²) in [5.74, 6) is 0. The van der Waals surface area contributed by atoms with Crippen molar-refractivity contribution >= 4 is 40.6 Å². The molecule has 1 saturated heterocycles. The highest BCUT2D eigenvalue weighted by atomic mass is 35.5. The van der Waals surface area contributed by atoms with Gasteiger partial charge in [0.05, 0.1) is 15.7 Å². The van der Waals surface area contributed by atoms with E-state index in [9.17, 15) is 4.79 Å². The van der Waals surface area contributed by atoms with E-state index in [1.807, 2.05) is 12.1 Å². The van der Waals surface area contributed by atoms with Crippen LogP contribution < -0.4 is 15.5 Å². The number of piperazine rings is 1. The molecular weight excluding hydrogens is 455 g/mol. The van der Waals surface area contributed by atoms with Crippen LogP contribution in [0.1, 0.15) is 44.2 Å². The zero-order chi connectivity index (χ0) is 23.4. The summed E-state index contributed by atoms with van der Waals surface area (Å²) in [6, 6.07) is 12.3. The van der Waals surface area contributed by atoms with Gasteiger partial charge in [-0.15, -0.1) is 0 Å². The molecule has 0 atom stereocenters. The Labute approximate surface area is 207 Å². The lowest BCUT2D eigenvalue weighted by atomic mass is 9.83. The van der Waals surface area contributed by atoms with Gasteiger partial charge in [-0.2, -0.15) is 0 Å². The van der Waals surface area contributed by atoms with Gasteiger partial charge in [0.2, 0.25) is 0 Å². The van der Waals surface area contributed by atoms with E-state index in [0.717, 1.165) is 56.9 Å². The van der Waals surface area contributed by atoms with Crippen LogP contribution in [0.15, 0.2) is 36.4 Å². The average molecular weight is 489 g/mol. The SMILES string of the molecule is CC1(C)CNC(=O)Nc2cc(CCCCCN3CCN(c4cccc(Cl)c4Cl)CC3)ccc21. The molecule has 2 amide bonds. The highest BCUT2D eigenvalue weighted by Gasteiger charge is 2.28. The van der Waals surface area contributed by atoms with Crippen molar-refractivity contribution in [1.29, 1.82) is 0 Å². The molecule has 0 saturated carbocycles. The summed E-state index contributed by atoms with van der Waals surface area (Å²) in [6.07, 6.45) is 4.61. The lowest BCUT2D eigenvalue weighted by Gasteiger charge is -2.36. The van der Waals surface area contributed by atoms with Crippen molar-refractivity contribution in [1.82, 2.24) is 10.2 Å². The van der Waals surface area contributed by atoms with Crippen LogP contribution in [0.2, 0.25) is 10.0 Å². The number of rotatable bonds is 7. The molecule has 1 fully saturated rings. The third kappa shape index (κ3) is 5.95. The molecule has 33 heavy (non-hydrogen) atoms. The standard InChI is InChI=1S/C26H34Cl2N4O/c1-26(2)18-29-25(33)30-22-17-19(10-11-20(22)26)7-4-3-5-12-31-13-15-32(16-14-31)23-9-6-8-21(27)24(23)28/h6,8-11,17H,3-5,7,12-16,18H2,1-2H3,(H2,29,30,33). The van der Waals surface area contributed by atoms with Crippen LogP contribution in [-0.4, -0.2) is 50.2 Å². The Morgan fingerprint density at radius 2 is 1.79 bits per heavy atom. The van der Waals surface area contributed by atoms with Crippen LogP contribution in [0.25, 0.3) is 0 Å². The van der Waals surface area contributed by atoms with E-state index in [0.29, 0.717) is 16.6 Å². The number of carbonyl (C=O) groups is 1. The largest absolute Gasteiger partial charge is 0.368 e. The minimum Gasteiger partial charge on any atom is -0.368 e. The Balaban J connectivity index is 1.19. The van der Waals surface area contributed by atoms with Crippen molar-refractivity contribution in [3.8, 4) is 0 Å². The first-order valence-electron chi connectivity index (χ1n) is 11.9. The fraction of sp³-hybridized carbons (Fsp3) is 0.500. The topological polar surface area (TPSA) is 47.6 Å². The molecule has 2 aromatic rings. The normalized spacial score (nSPS) is 18.3. The summed E-state index contributed by atoms with van der Waals surface area (Å²) < 4.78 is 0. The van der Waals surface area contributed by atoms with Crippen molar-refractivity contribution in [2.45, 2.75) is 44.9 Å². The predicted octanol–water partition coefficient (Wildman–Crippen LogP) is 5.94. The first-order valence-corrected chi connectivity index (χ1v) is 12.7. The first kappa shape index (κ1) is 24.2. The zero-order valence-electron chi connectivity index (χ0n) is 19.6. The van der Waals surface area contributed by atoms with Crippen LogP contribution in [0, 0.1) is 0 Å². The van der Waals surface area contributed by atoms with Gasteiger partial charge in [0, 0.05) is 43.8 Å². The van der Waals surface area contributed by atoms with Gasteiger partial charge < -0.3 is 15.5 Å². The Morgan fingerprint density at radius 1 is 1.00 bits per heavy atom. The highest BCUT2D eigenvalue weighted by Crippen LogP contribution is 2.34. The van der Waals surface area contributed by atoms with Gasteiger partial charge in [-0.3, -0.25) is 4.90 Å². The second kappa shape index (κ2) is 10.5. The number of hydrogen-bond donors (Lipinski definition) is 2. The maximum atomic E-state index is 12.0. The summed E-state index contributed by atoms with van der Waals surface area (Å²) in [7, 11) is 0. The number of aryl methyl sites for hydroxylation is 1. The Morgan fingerprint density at radius 3 is 2.58 bits per heavy atom. The predicted molar refractivity (Wildman–Crippen MR) is 139 cm³/mol. The van der Waals surface area contributed by atoms with Gasteiger partial charge >= 0.3 is 6.03 Å². The molecular formula is C26H34Cl2N4O. The van der Waals surface area contributed by atoms with Gasteiger partial charge in [0.15, 0.2) is 0 Å². The summed E-state index contributed by atoms with van der Waals surface area (Å²) in [6.45, 7) is 10.2. The van der Waals surface area contributed by atoms with Gasteiger partial charge in [0.25, 0.3) is 0 Å². The third-order valence-corrected chi connectivity index (χ3v) is 7.65. The molecule has 0 bridgehead atoms. The second-order valence-corrected chi connectivity index (χ2v) is 10.6. The van der Waals surface area contributed by atoms with E-state index in [1.165, 1.54) is 24.0 Å². The van der Waals surface area contributed by atoms with E-state index >= 15 is 0 Å². The number of urea groups is 1. The Kier molecular flexibility index (Phi) is 7.72. The first-order chi connectivity index (χ1) is 15.8. The molecule has 2 aliphatic heterocycles. The second-order valence-electron chi connectivity index (χ2n) is 9.78. The molecule has 178 valence electrons. The number of halogens is 2. The maximum absolute atomic E-state index is 12.0. The molecule has 0 aromatic heterocycles. The quantitative estimate of drug-likeness (QED) is 0.473. The molecule has 2 N–H and O–H groups in total. The zero-order valence-corrected chi connectivity index (χ0v) is 21.1. The van der Waals surface area contributed by atoms with Crippen LogP contribution in [0.4, 0.5) is 16.2 Å². The molecule has 0 radical (unpaired) electrons. The maximum Gasteiger partial charge on any atom is 0.319 e. The molecule has 7 heteroatoms. The molecule has 5 nitrogen and oxygen atoms in total. The number of fused-ring (bicyclic) bond motifs is 1. The van der Waals surface area contributed by atoms with Gasteiger partial charge in [-0.05, 0) is 55.1 Å². The molecule has 2 heterocycles. The summed E-state index contributed by atoms with van der Waals surface area (Å²) >= 11 is 12.6. The Hall–Kier alpha value is -1.95. The van der Waals surface area contributed by atoms with E-state index < -0.39 is 0 Å². The van der Waals surface area contributed by atoms with Crippen molar-refractivity contribution in [2.75, 3.05) is 49.5 Å². The highest BCUT2D eigenvalue weighted by molar-refractivity contribution is 6.43. The lowest BCUT2D eigenvalue weighted by molar-refractivity contribution is 0.250. The van der Waals surface area contributed by atoms with Crippen molar-refractivity contribution in [2.24, 2.45) is 0 Å². The lowest BCUT2D eigenvalue weighted by Crippen LogP contribution is -2.46. The number of anilines is 2. The monoisotopic (exact) mass is 488 g/mol. The minimum atomic E-state index is -0.114. The number of nitrogens with zero attached hydrogens (tertiary/aromatic N) is 2. The van der Waals surface area contributed by atoms with Crippen LogP contribution in [-0.2, 0) is 11.8 Å². The number of hydrogen-bond acceptors (Lipinski definition) is 3. The fourth-order valence-corrected chi connectivity index (χ4v) is 5.21. The number of benzene rings is 2. The van der Waals surface area contributed by atoms with E-state index in [4.69, 9.17) is 23.2 Å². The Bertz CT molecular complexity index is 986. The molecule has 2 aromatic carbocycles. The fourth-order valence-electron chi connectivity index (χ4n) is 4.79. The van der Waals surface area contributed by atoms with Gasteiger partial charge in [0.1, 0.15) is 0 Å². The molecule has 4 rings (SSSR count). The molecule has 0 unspecified atom stereocenters. The molecule has 0 spiro atoms. The van der Waals surface area contributed by atoms with Crippen molar-refractivity contribution < 1.29 is 4.79 Å². The minimum absolute atomic E-state index is 0.0743. The van der Waals surface area contributed by atoms with Gasteiger partial charge in [-0.25, -0.2) is 4.79 Å². The van der Waals surface area contributed by atoms with E-state index in [-0.39, 0.29) is 11.4 Å². The van der Waals surface area contributed by atoms with Crippen molar-refractivity contribution in [3.63, 3.8) is 0 Å². The van der Waals surface area contributed by atoms with Crippen LogP contribution in [0.5, 0.6) is 0 Å². The van der Waals surface area contributed by atoms with Crippen LogP contribution in [0.3, 0.4) is 0 Å². The van der Waals surface area contributed by atoms with E-state index in [2.05, 4.69) is 58.5 Å². The average Bonchev–Trinajstić information content (AvgIpc) is 2.91. The number of unbranched alkanes of at least 4 members (excludes halogenated alkanes) is 2. The number of nitrogens with one attached hydrogen (secondary N) is 2. The number of amides is 2. The van der Waals surface area contributed by atoms with Crippen LogP contribution >= 0.6 is 23.2 Å². The van der Waals surface area contributed by atoms with Gasteiger partial charge in [-0.1, -0.05) is 61.7 Å². The van der Waals surface area contributed by atoms with Crippen molar-refractivity contribution in [3.05, 3.63) is 57.6 Å². The smallest absolute Gasteiger partial charge is 0.319 e. The summed E-state index contributed by atoms with van der Waals surface area (Å²) in [4.78, 5) is 16.9.